The molecule has 3 fully saturated rings. The van der Waals surface area contributed by atoms with Gasteiger partial charge in [-0.05, 0) is 38.0 Å². The van der Waals surface area contributed by atoms with E-state index in [-0.39, 0.29) is 41.9 Å². The quantitative estimate of drug-likeness (QED) is 0.357. The predicted molar refractivity (Wildman–Crippen MR) is 141 cm³/mol. The number of esters is 2. The predicted octanol–water partition coefficient (Wildman–Crippen LogP) is 4.92. The van der Waals surface area contributed by atoms with Crippen molar-refractivity contribution < 1.29 is 38.4 Å². The van der Waals surface area contributed by atoms with Gasteiger partial charge in [-0.25, -0.2) is 4.79 Å². The highest BCUT2D eigenvalue weighted by molar-refractivity contribution is 5.89. The summed E-state index contributed by atoms with van der Waals surface area (Å²) in [7, 11) is 0. The lowest BCUT2D eigenvalue weighted by molar-refractivity contribution is -0.272. The van der Waals surface area contributed by atoms with E-state index in [2.05, 4.69) is 0 Å². The van der Waals surface area contributed by atoms with Crippen LogP contribution in [0.25, 0.3) is 0 Å². The Hall–Kier alpha value is -3.49. The monoisotopic (exact) mass is 534 g/mol. The molecule has 2 saturated heterocycles. The molecular formula is C31H34O8. The molecule has 1 saturated carbocycles. The second kappa shape index (κ2) is 12.1. The van der Waals surface area contributed by atoms with E-state index < -0.39 is 30.4 Å². The second-order valence-corrected chi connectivity index (χ2v) is 10.5. The Balaban J connectivity index is 1.36. The molecule has 0 amide bonds. The highest BCUT2D eigenvalue weighted by Crippen LogP contribution is 2.49. The number of Topliss-reactive ketones (excluding diaryl/α,β-unsaturated/α-hetero) is 1. The molecule has 206 valence electrons. The molecule has 0 bridgehead atoms. The first-order valence-electron chi connectivity index (χ1n) is 13.6. The van der Waals surface area contributed by atoms with E-state index in [0.29, 0.717) is 43.4 Å². The second-order valence-electron chi connectivity index (χ2n) is 10.5. The number of hydrogen-bond acceptors (Lipinski definition) is 8. The molecule has 0 radical (unpaired) electrons. The maximum Gasteiger partial charge on any atom is 0.338 e. The Morgan fingerprint density at radius 1 is 1.08 bits per heavy atom. The van der Waals surface area contributed by atoms with Gasteiger partial charge in [0.25, 0.3) is 0 Å². The maximum atomic E-state index is 12.9. The molecule has 0 spiro atoms. The van der Waals surface area contributed by atoms with Gasteiger partial charge in [-0.15, -0.1) is 0 Å². The van der Waals surface area contributed by atoms with Crippen molar-refractivity contribution in [2.75, 3.05) is 6.61 Å². The number of rotatable bonds is 9. The standard InChI is InChI=1S/C31H34O8/c1-19(32)10-4-2-7-13-21-18-36-31(39-29(21)22-14-8-9-15-24(22)33)28-23-16-27(34)37-25(23)17-26(28)38-30(35)20-11-5-3-6-12-20/h2-3,5-9,11-12,14-15,21,23,25-26,28-29,31,33H,4,10,13,16-18H2,1H3/b7-2-/t21-,23+,25+,26-,28?,29+,31?/m1/s1. The van der Waals surface area contributed by atoms with Crippen LogP contribution in [0.2, 0.25) is 0 Å². The van der Waals surface area contributed by atoms with Crippen LogP contribution in [0, 0.1) is 17.8 Å². The highest BCUT2D eigenvalue weighted by atomic mass is 16.7. The fourth-order valence-corrected chi connectivity index (χ4v) is 5.91. The Kier molecular flexibility index (Phi) is 8.43. The Morgan fingerprint density at radius 2 is 1.85 bits per heavy atom. The van der Waals surface area contributed by atoms with Crippen molar-refractivity contribution in [3.63, 3.8) is 0 Å². The first-order chi connectivity index (χ1) is 18.9. The zero-order valence-electron chi connectivity index (χ0n) is 21.9. The van der Waals surface area contributed by atoms with Gasteiger partial charge in [-0.3, -0.25) is 4.79 Å². The average Bonchev–Trinajstić information content (AvgIpc) is 3.44. The number of allylic oxidation sites excluding steroid dienone is 2. The van der Waals surface area contributed by atoms with Crippen LogP contribution in [0.15, 0.2) is 66.7 Å². The summed E-state index contributed by atoms with van der Waals surface area (Å²) >= 11 is 0. The van der Waals surface area contributed by atoms with Crippen molar-refractivity contribution >= 4 is 17.7 Å². The van der Waals surface area contributed by atoms with Gasteiger partial charge in [0.05, 0.1) is 30.6 Å². The third-order valence-electron chi connectivity index (χ3n) is 7.83. The van der Waals surface area contributed by atoms with Crippen molar-refractivity contribution in [3.05, 3.63) is 77.9 Å². The number of aromatic hydroxyl groups is 1. The Morgan fingerprint density at radius 3 is 2.62 bits per heavy atom. The van der Waals surface area contributed by atoms with Gasteiger partial charge in [-0.1, -0.05) is 48.6 Å². The molecule has 1 N–H and O–H groups in total. The summed E-state index contributed by atoms with van der Waals surface area (Å²) in [6.45, 7) is 1.93. The number of para-hydroxylation sites is 1. The zero-order chi connectivity index (χ0) is 27.4. The number of carbonyl (C=O) groups is 3. The van der Waals surface area contributed by atoms with Crippen LogP contribution in [0.4, 0.5) is 0 Å². The van der Waals surface area contributed by atoms with Gasteiger partial charge in [0.2, 0.25) is 0 Å². The number of phenolic OH excluding ortho intramolecular Hbond substituents is 1. The number of benzene rings is 2. The van der Waals surface area contributed by atoms with Crippen LogP contribution in [0.1, 0.15) is 61.1 Å². The van der Waals surface area contributed by atoms with Gasteiger partial charge in [-0.2, -0.15) is 0 Å². The van der Waals surface area contributed by atoms with E-state index in [1.54, 1.807) is 43.3 Å². The minimum atomic E-state index is -0.759. The summed E-state index contributed by atoms with van der Waals surface area (Å²) in [6, 6.07) is 15.8. The van der Waals surface area contributed by atoms with Crippen molar-refractivity contribution in [3.8, 4) is 5.75 Å². The van der Waals surface area contributed by atoms with E-state index in [0.717, 1.165) is 0 Å². The first-order valence-corrected chi connectivity index (χ1v) is 13.6. The molecule has 2 unspecified atom stereocenters. The van der Waals surface area contributed by atoms with Gasteiger partial charge in [0, 0.05) is 30.2 Å². The molecule has 5 rings (SSSR count). The number of carbonyl (C=O) groups excluding carboxylic acids is 3. The van der Waals surface area contributed by atoms with Crippen LogP contribution in [-0.4, -0.2) is 47.9 Å². The van der Waals surface area contributed by atoms with E-state index in [1.807, 2.05) is 30.4 Å². The molecule has 8 heteroatoms. The Bertz CT molecular complexity index is 1210. The third-order valence-corrected chi connectivity index (χ3v) is 7.83. The van der Waals surface area contributed by atoms with E-state index in [4.69, 9.17) is 18.9 Å². The van der Waals surface area contributed by atoms with Gasteiger partial charge in [0.15, 0.2) is 6.29 Å². The summed E-state index contributed by atoms with van der Waals surface area (Å²) in [5, 5.41) is 10.7. The van der Waals surface area contributed by atoms with Crippen molar-refractivity contribution in [1.82, 2.24) is 0 Å². The molecule has 2 aromatic rings. The van der Waals surface area contributed by atoms with Crippen LogP contribution in [0.5, 0.6) is 5.75 Å². The van der Waals surface area contributed by atoms with Crippen molar-refractivity contribution in [2.45, 2.75) is 63.6 Å². The van der Waals surface area contributed by atoms with E-state index >= 15 is 0 Å². The van der Waals surface area contributed by atoms with Gasteiger partial charge in [0.1, 0.15) is 23.7 Å². The molecule has 39 heavy (non-hydrogen) atoms. The van der Waals surface area contributed by atoms with Crippen LogP contribution in [0.3, 0.4) is 0 Å². The summed E-state index contributed by atoms with van der Waals surface area (Å²) in [5.74, 6) is -1.15. The fraction of sp³-hybridized carbons (Fsp3) is 0.452. The molecule has 0 aromatic heterocycles. The van der Waals surface area contributed by atoms with Crippen LogP contribution >= 0.6 is 0 Å². The number of ether oxygens (including phenoxy) is 4. The van der Waals surface area contributed by atoms with Crippen molar-refractivity contribution in [2.24, 2.45) is 17.8 Å². The number of hydrogen-bond donors (Lipinski definition) is 1. The largest absolute Gasteiger partial charge is 0.508 e. The SMILES string of the molecule is CC(=O)CC/C=C\C[C@@H]1COC(C2[C@H]3CC(=O)O[C@H]3C[C@H]2OC(=O)c2ccccc2)O[C@@H]1c1ccccc1O. The number of fused-ring (bicyclic) bond motifs is 1. The lowest BCUT2D eigenvalue weighted by Crippen LogP contribution is -2.44. The Labute approximate surface area is 227 Å². The lowest BCUT2D eigenvalue weighted by atomic mass is 9.88. The molecule has 1 aliphatic carbocycles. The first kappa shape index (κ1) is 27.1. The van der Waals surface area contributed by atoms with E-state index in [1.165, 1.54) is 0 Å². The molecule has 7 atom stereocenters. The minimum absolute atomic E-state index is 0.0906. The highest BCUT2D eigenvalue weighted by Gasteiger charge is 2.56. The average molecular weight is 535 g/mol. The van der Waals surface area contributed by atoms with Gasteiger partial charge < -0.3 is 28.8 Å². The lowest BCUT2D eigenvalue weighted by Gasteiger charge is -2.41. The van der Waals surface area contributed by atoms with Gasteiger partial charge >= 0.3 is 11.9 Å². The number of ketones is 1. The topological polar surface area (TPSA) is 108 Å². The van der Waals surface area contributed by atoms with Crippen LogP contribution < -0.4 is 0 Å². The van der Waals surface area contributed by atoms with E-state index in [9.17, 15) is 19.5 Å². The molecular weight excluding hydrogens is 500 g/mol. The summed E-state index contributed by atoms with van der Waals surface area (Å²) in [6.07, 6.45) is 4.23. The van der Waals surface area contributed by atoms with Crippen molar-refractivity contribution in [1.29, 1.82) is 0 Å². The van der Waals surface area contributed by atoms with Crippen LogP contribution in [-0.2, 0) is 28.5 Å². The number of phenols is 1. The summed E-state index contributed by atoms with van der Waals surface area (Å²) in [4.78, 5) is 36.3. The fourth-order valence-electron chi connectivity index (χ4n) is 5.91. The molecule has 2 aromatic carbocycles. The normalized spacial score (nSPS) is 30.2. The minimum Gasteiger partial charge on any atom is -0.508 e. The third kappa shape index (κ3) is 6.23. The maximum absolute atomic E-state index is 12.9. The molecule has 8 nitrogen and oxygen atoms in total. The smallest absolute Gasteiger partial charge is 0.338 e. The summed E-state index contributed by atoms with van der Waals surface area (Å²) < 4.78 is 24.4. The molecule has 2 heterocycles. The zero-order valence-corrected chi connectivity index (χ0v) is 21.9. The molecule has 3 aliphatic rings. The summed E-state index contributed by atoms with van der Waals surface area (Å²) in [5.41, 5.74) is 1.10. The molecule has 2 aliphatic heterocycles.